The molecule has 1 unspecified atom stereocenters. The van der Waals surface area contributed by atoms with Gasteiger partial charge in [0.05, 0.1) is 0 Å². The molecule has 1 atom stereocenters. The summed E-state index contributed by atoms with van der Waals surface area (Å²) in [7, 11) is 0. The van der Waals surface area contributed by atoms with Crippen LogP contribution in [0.1, 0.15) is 32.1 Å². The van der Waals surface area contributed by atoms with Crippen molar-refractivity contribution in [3.8, 4) is 0 Å². The highest BCUT2D eigenvalue weighted by Gasteiger charge is 2.28. The van der Waals surface area contributed by atoms with Crippen molar-refractivity contribution in [1.29, 1.82) is 0 Å². The van der Waals surface area contributed by atoms with E-state index in [4.69, 9.17) is 0 Å². The van der Waals surface area contributed by atoms with E-state index >= 15 is 0 Å². The van der Waals surface area contributed by atoms with E-state index in [1.807, 2.05) is 0 Å². The summed E-state index contributed by atoms with van der Waals surface area (Å²) in [5, 5.41) is 3.49. The van der Waals surface area contributed by atoms with Crippen molar-refractivity contribution in [2.75, 3.05) is 45.8 Å². The molecule has 0 aromatic heterocycles. The van der Waals surface area contributed by atoms with Gasteiger partial charge in [-0.05, 0) is 70.7 Å². The number of hydrogen-bond donors (Lipinski definition) is 1. The fourth-order valence-electron chi connectivity index (χ4n) is 3.78. The van der Waals surface area contributed by atoms with Gasteiger partial charge in [-0.15, -0.1) is 0 Å². The number of likely N-dealkylation sites (tertiary alicyclic amines) is 2. The van der Waals surface area contributed by atoms with Gasteiger partial charge in [-0.3, -0.25) is 4.90 Å². The predicted octanol–water partition coefficient (Wildman–Crippen LogP) is 1.16. The number of piperidine rings is 1. The van der Waals surface area contributed by atoms with Gasteiger partial charge in [0.2, 0.25) is 0 Å². The lowest BCUT2D eigenvalue weighted by molar-refractivity contribution is 0.122. The van der Waals surface area contributed by atoms with Gasteiger partial charge < -0.3 is 10.2 Å². The highest BCUT2D eigenvalue weighted by Crippen LogP contribution is 2.23. The molecule has 98 valence electrons. The first-order chi connectivity index (χ1) is 8.42. The third kappa shape index (κ3) is 3.01. The van der Waals surface area contributed by atoms with E-state index in [1.54, 1.807) is 0 Å². The second-order valence-electron chi connectivity index (χ2n) is 6.13. The molecule has 0 spiro atoms. The van der Waals surface area contributed by atoms with Gasteiger partial charge in [0.15, 0.2) is 0 Å². The van der Waals surface area contributed by atoms with E-state index < -0.39 is 0 Å². The number of hydrogen-bond acceptors (Lipinski definition) is 3. The van der Waals surface area contributed by atoms with E-state index in [1.165, 1.54) is 77.9 Å². The zero-order chi connectivity index (χ0) is 11.5. The van der Waals surface area contributed by atoms with Crippen molar-refractivity contribution in [1.82, 2.24) is 15.1 Å². The molecule has 0 aromatic carbocycles. The first-order valence-corrected chi connectivity index (χ1v) is 7.59. The molecule has 3 aliphatic heterocycles. The maximum absolute atomic E-state index is 3.49. The Balaban J connectivity index is 1.40. The average molecular weight is 237 g/mol. The van der Waals surface area contributed by atoms with Crippen LogP contribution in [0.15, 0.2) is 0 Å². The fourth-order valence-corrected chi connectivity index (χ4v) is 3.78. The summed E-state index contributed by atoms with van der Waals surface area (Å²) in [5.74, 6) is 0.985. The average Bonchev–Trinajstić information content (AvgIpc) is 3.01. The minimum Gasteiger partial charge on any atom is -0.315 e. The Labute approximate surface area is 106 Å². The molecule has 0 bridgehead atoms. The van der Waals surface area contributed by atoms with E-state index in [2.05, 4.69) is 15.1 Å². The Kier molecular flexibility index (Phi) is 3.99. The number of nitrogens with one attached hydrogen (secondary N) is 1. The molecular formula is C14H27N3. The van der Waals surface area contributed by atoms with Crippen LogP contribution >= 0.6 is 0 Å². The summed E-state index contributed by atoms with van der Waals surface area (Å²) in [6, 6.07) is 0.850. The third-order valence-electron chi connectivity index (χ3n) is 4.91. The SMILES string of the molecule is C1CCN(CC2CCN(C3CCNC3)CC2)C1. The van der Waals surface area contributed by atoms with Crippen LogP contribution in [0.4, 0.5) is 0 Å². The van der Waals surface area contributed by atoms with E-state index in [0.717, 1.165) is 12.0 Å². The maximum atomic E-state index is 3.49. The second-order valence-corrected chi connectivity index (χ2v) is 6.13. The van der Waals surface area contributed by atoms with Crippen LogP contribution in [0.2, 0.25) is 0 Å². The Hall–Kier alpha value is -0.120. The molecule has 0 amide bonds. The first kappa shape index (κ1) is 11.9. The number of nitrogens with zero attached hydrogens (tertiary/aromatic N) is 2. The number of rotatable bonds is 3. The topological polar surface area (TPSA) is 18.5 Å². The summed E-state index contributed by atoms with van der Waals surface area (Å²) in [4.78, 5) is 5.43. The second kappa shape index (κ2) is 5.68. The van der Waals surface area contributed by atoms with Gasteiger partial charge in [0, 0.05) is 19.1 Å². The van der Waals surface area contributed by atoms with Crippen molar-refractivity contribution in [2.24, 2.45) is 5.92 Å². The van der Waals surface area contributed by atoms with Crippen molar-refractivity contribution in [2.45, 2.75) is 38.1 Å². The lowest BCUT2D eigenvalue weighted by Crippen LogP contribution is -2.44. The zero-order valence-electron chi connectivity index (χ0n) is 11.0. The van der Waals surface area contributed by atoms with E-state index in [-0.39, 0.29) is 0 Å². The van der Waals surface area contributed by atoms with Crippen LogP contribution in [0.25, 0.3) is 0 Å². The monoisotopic (exact) mass is 237 g/mol. The van der Waals surface area contributed by atoms with Gasteiger partial charge >= 0.3 is 0 Å². The van der Waals surface area contributed by atoms with Gasteiger partial charge in [-0.1, -0.05) is 0 Å². The molecule has 0 saturated carbocycles. The summed E-state index contributed by atoms with van der Waals surface area (Å²) >= 11 is 0. The minimum absolute atomic E-state index is 0.850. The van der Waals surface area contributed by atoms with Crippen molar-refractivity contribution >= 4 is 0 Å². The van der Waals surface area contributed by atoms with Gasteiger partial charge in [-0.2, -0.15) is 0 Å². The molecule has 3 rings (SSSR count). The van der Waals surface area contributed by atoms with Crippen LogP contribution in [-0.2, 0) is 0 Å². The predicted molar refractivity (Wildman–Crippen MR) is 71.2 cm³/mol. The lowest BCUT2D eigenvalue weighted by Gasteiger charge is -2.36. The standard InChI is InChI=1S/C14H27N3/c1-2-8-16(7-1)12-13-4-9-17(10-5-13)14-3-6-15-11-14/h13-15H,1-12H2. The Morgan fingerprint density at radius 3 is 2.35 bits per heavy atom. The molecule has 0 aromatic rings. The zero-order valence-corrected chi connectivity index (χ0v) is 11.0. The fraction of sp³-hybridized carbons (Fsp3) is 1.00. The van der Waals surface area contributed by atoms with Crippen molar-refractivity contribution in [3.63, 3.8) is 0 Å². The molecule has 3 aliphatic rings. The molecule has 3 fully saturated rings. The largest absolute Gasteiger partial charge is 0.315 e. The molecule has 17 heavy (non-hydrogen) atoms. The van der Waals surface area contributed by atoms with E-state index in [9.17, 15) is 0 Å². The van der Waals surface area contributed by atoms with Gasteiger partial charge in [0.25, 0.3) is 0 Å². The van der Waals surface area contributed by atoms with Crippen LogP contribution in [0.3, 0.4) is 0 Å². The summed E-state index contributed by atoms with van der Waals surface area (Å²) in [6.07, 6.45) is 7.12. The summed E-state index contributed by atoms with van der Waals surface area (Å²) in [6.45, 7) is 9.29. The minimum atomic E-state index is 0.850. The quantitative estimate of drug-likeness (QED) is 0.794. The van der Waals surface area contributed by atoms with Gasteiger partial charge in [-0.25, -0.2) is 0 Å². The molecule has 0 radical (unpaired) electrons. The maximum Gasteiger partial charge on any atom is 0.0232 e. The van der Waals surface area contributed by atoms with Crippen molar-refractivity contribution in [3.05, 3.63) is 0 Å². The van der Waals surface area contributed by atoms with Crippen LogP contribution in [-0.4, -0.2) is 61.7 Å². The summed E-state index contributed by atoms with van der Waals surface area (Å²) in [5.41, 5.74) is 0. The van der Waals surface area contributed by atoms with Crippen LogP contribution < -0.4 is 5.32 Å². The molecule has 3 saturated heterocycles. The highest BCUT2D eigenvalue weighted by molar-refractivity contribution is 4.85. The Morgan fingerprint density at radius 1 is 0.941 bits per heavy atom. The van der Waals surface area contributed by atoms with Crippen LogP contribution in [0, 0.1) is 5.92 Å². The summed E-state index contributed by atoms with van der Waals surface area (Å²) < 4.78 is 0. The molecule has 3 heterocycles. The Bertz CT molecular complexity index is 224. The third-order valence-corrected chi connectivity index (χ3v) is 4.91. The smallest absolute Gasteiger partial charge is 0.0232 e. The lowest BCUT2D eigenvalue weighted by atomic mass is 9.95. The van der Waals surface area contributed by atoms with E-state index in [0.29, 0.717) is 0 Å². The molecule has 1 N–H and O–H groups in total. The molecule has 0 aliphatic carbocycles. The highest BCUT2D eigenvalue weighted by atomic mass is 15.2. The normalized spacial score (nSPS) is 33.5. The molecular weight excluding hydrogens is 210 g/mol. The van der Waals surface area contributed by atoms with Crippen LogP contribution in [0.5, 0.6) is 0 Å². The Morgan fingerprint density at radius 2 is 1.71 bits per heavy atom. The van der Waals surface area contributed by atoms with Crippen molar-refractivity contribution < 1.29 is 0 Å². The first-order valence-electron chi connectivity index (χ1n) is 7.59. The molecule has 3 heteroatoms. The van der Waals surface area contributed by atoms with Gasteiger partial charge in [0.1, 0.15) is 0 Å². The molecule has 3 nitrogen and oxygen atoms in total.